The van der Waals surface area contributed by atoms with Crippen molar-refractivity contribution in [2.45, 2.75) is 26.7 Å². The van der Waals surface area contributed by atoms with Crippen molar-refractivity contribution in [3.05, 3.63) is 72.0 Å². The molecular weight excluding hydrogens is 377 g/mol. The zero-order chi connectivity index (χ0) is 20.8. The molecular formula is C24H23F3O2. The molecule has 0 fully saturated rings. The van der Waals surface area contributed by atoms with Crippen LogP contribution in [0.25, 0.3) is 22.3 Å². The molecule has 3 rings (SSSR count). The fourth-order valence-corrected chi connectivity index (χ4v) is 3.09. The first-order valence-corrected chi connectivity index (χ1v) is 9.70. The average Bonchev–Trinajstić information content (AvgIpc) is 2.72. The second-order valence-electron chi connectivity index (χ2n) is 6.59. The molecule has 0 aliphatic rings. The smallest absolute Gasteiger partial charge is 0.172 e. The van der Waals surface area contributed by atoms with E-state index in [2.05, 4.69) is 0 Å². The van der Waals surface area contributed by atoms with E-state index in [1.807, 2.05) is 13.8 Å². The minimum Gasteiger partial charge on any atom is -0.491 e. The molecule has 0 N–H and O–H groups in total. The first-order valence-electron chi connectivity index (χ1n) is 9.70. The van der Waals surface area contributed by atoms with Crippen LogP contribution in [0.1, 0.15) is 26.7 Å². The van der Waals surface area contributed by atoms with Gasteiger partial charge < -0.3 is 9.47 Å². The molecule has 5 heteroatoms. The van der Waals surface area contributed by atoms with Gasteiger partial charge in [-0.1, -0.05) is 50.2 Å². The summed E-state index contributed by atoms with van der Waals surface area (Å²) < 4.78 is 55.9. The van der Waals surface area contributed by atoms with Gasteiger partial charge in [0.15, 0.2) is 23.1 Å². The molecule has 0 saturated heterocycles. The van der Waals surface area contributed by atoms with Crippen molar-refractivity contribution in [1.82, 2.24) is 0 Å². The summed E-state index contributed by atoms with van der Waals surface area (Å²) in [5, 5.41) is 0. The Kier molecular flexibility index (Phi) is 6.81. The second-order valence-corrected chi connectivity index (χ2v) is 6.59. The lowest BCUT2D eigenvalue weighted by molar-refractivity contribution is 0.301. The minimum atomic E-state index is -0.675. The molecule has 29 heavy (non-hydrogen) atoms. The predicted octanol–water partition coefficient (Wildman–Crippen LogP) is 7.02. The Morgan fingerprint density at radius 2 is 1.10 bits per heavy atom. The summed E-state index contributed by atoms with van der Waals surface area (Å²) in [6, 6.07) is 13.5. The van der Waals surface area contributed by atoms with Crippen molar-refractivity contribution in [2.75, 3.05) is 13.2 Å². The second kappa shape index (κ2) is 9.50. The van der Waals surface area contributed by atoms with Crippen LogP contribution < -0.4 is 9.47 Å². The van der Waals surface area contributed by atoms with Gasteiger partial charge in [-0.2, -0.15) is 0 Å². The summed E-state index contributed by atoms with van der Waals surface area (Å²) in [5.41, 5.74) is 0.396. The zero-order valence-corrected chi connectivity index (χ0v) is 16.5. The van der Waals surface area contributed by atoms with Crippen LogP contribution in [-0.4, -0.2) is 13.2 Å². The van der Waals surface area contributed by atoms with Crippen molar-refractivity contribution in [3.63, 3.8) is 0 Å². The van der Waals surface area contributed by atoms with Crippen LogP contribution in [0.4, 0.5) is 13.2 Å². The van der Waals surface area contributed by atoms with E-state index in [-0.39, 0.29) is 33.8 Å². The van der Waals surface area contributed by atoms with Gasteiger partial charge in [0, 0.05) is 16.7 Å². The number of hydrogen-bond acceptors (Lipinski definition) is 2. The number of rotatable bonds is 8. The average molecular weight is 400 g/mol. The van der Waals surface area contributed by atoms with Crippen LogP contribution in [0.5, 0.6) is 11.5 Å². The molecule has 0 radical (unpaired) electrons. The predicted molar refractivity (Wildman–Crippen MR) is 109 cm³/mol. The van der Waals surface area contributed by atoms with Crippen molar-refractivity contribution < 1.29 is 22.6 Å². The SMILES string of the molecule is CCCOc1cccc(-c2cccc(F)c2-c2cccc(OCCC)c2F)c1F. The lowest BCUT2D eigenvalue weighted by atomic mass is 9.93. The highest BCUT2D eigenvalue weighted by Gasteiger charge is 2.21. The van der Waals surface area contributed by atoms with Crippen LogP contribution in [0.3, 0.4) is 0 Å². The summed E-state index contributed by atoms with van der Waals surface area (Å²) >= 11 is 0. The summed E-state index contributed by atoms with van der Waals surface area (Å²) in [6.45, 7) is 4.54. The molecule has 0 aliphatic heterocycles. The highest BCUT2D eigenvalue weighted by molar-refractivity contribution is 5.85. The number of halogens is 3. The van der Waals surface area contributed by atoms with E-state index >= 15 is 8.78 Å². The van der Waals surface area contributed by atoms with Gasteiger partial charge in [-0.05, 0) is 36.6 Å². The fraction of sp³-hybridized carbons (Fsp3) is 0.250. The maximum absolute atomic E-state index is 15.1. The molecule has 2 nitrogen and oxygen atoms in total. The van der Waals surface area contributed by atoms with E-state index < -0.39 is 17.5 Å². The van der Waals surface area contributed by atoms with E-state index in [1.165, 1.54) is 36.4 Å². The monoisotopic (exact) mass is 400 g/mol. The van der Waals surface area contributed by atoms with E-state index in [4.69, 9.17) is 9.47 Å². The zero-order valence-electron chi connectivity index (χ0n) is 16.5. The Morgan fingerprint density at radius 1 is 0.621 bits per heavy atom. The van der Waals surface area contributed by atoms with E-state index in [1.54, 1.807) is 18.2 Å². The maximum Gasteiger partial charge on any atom is 0.172 e. The largest absolute Gasteiger partial charge is 0.491 e. The third kappa shape index (κ3) is 4.39. The quantitative estimate of drug-likeness (QED) is 0.405. The van der Waals surface area contributed by atoms with Gasteiger partial charge in [0.05, 0.1) is 13.2 Å². The van der Waals surface area contributed by atoms with Gasteiger partial charge in [-0.25, -0.2) is 13.2 Å². The molecule has 0 unspecified atom stereocenters. The van der Waals surface area contributed by atoms with E-state index in [0.717, 1.165) is 6.42 Å². The van der Waals surface area contributed by atoms with Gasteiger partial charge in [-0.3, -0.25) is 0 Å². The van der Waals surface area contributed by atoms with E-state index in [9.17, 15) is 4.39 Å². The Hall–Kier alpha value is -2.95. The van der Waals surface area contributed by atoms with Crippen LogP contribution in [0, 0.1) is 17.5 Å². The van der Waals surface area contributed by atoms with Crippen LogP contribution in [0.15, 0.2) is 54.6 Å². The number of benzene rings is 3. The van der Waals surface area contributed by atoms with Crippen LogP contribution >= 0.6 is 0 Å². The topological polar surface area (TPSA) is 18.5 Å². The molecule has 3 aromatic carbocycles. The molecule has 0 bridgehead atoms. The van der Waals surface area contributed by atoms with Crippen molar-refractivity contribution >= 4 is 0 Å². The number of hydrogen-bond donors (Lipinski definition) is 0. The summed E-state index contributed by atoms with van der Waals surface area (Å²) in [6.07, 6.45) is 1.44. The van der Waals surface area contributed by atoms with Crippen molar-refractivity contribution in [2.24, 2.45) is 0 Å². The molecule has 0 heterocycles. The van der Waals surface area contributed by atoms with Gasteiger partial charge >= 0.3 is 0 Å². The van der Waals surface area contributed by atoms with E-state index in [0.29, 0.717) is 19.6 Å². The summed E-state index contributed by atoms with van der Waals surface area (Å²) in [7, 11) is 0. The molecule has 3 aromatic rings. The first-order chi connectivity index (χ1) is 14.1. The lowest BCUT2D eigenvalue weighted by Crippen LogP contribution is -2.01. The van der Waals surface area contributed by atoms with Gasteiger partial charge in [0.25, 0.3) is 0 Å². The van der Waals surface area contributed by atoms with Gasteiger partial charge in [-0.15, -0.1) is 0 Å². The maximum atomic E-state index is 15.1. The van der Waals surface area contributed by atoms with Crippen molar-refractivity contribution in [3.8, 4) is 33.8 Å². The molecule has 0 aliphatic carbocycles. The van der Waals surface area contributed by atoms with Gasteiger partial charge in [0.2, 0.25) is 0 Å². The Balaban J connectivity index is 2.16. The highest BCUT2D eigenvalue weighted by Crippen LogP contribution is 2.40. The molecule has 0 aromatic heterocycles. The fourth-order valence-electron chi connectivity index (χ4n) is 3.09. The standard InChI is InChI=1S/C24H23F3O2/c1-3-14-28-20-12-6-9-17(23(20)26)16-8-5-11-19(25)22(16)18-10-7-13-21(24(18)27)29-15-4-2/h5-13H,3-4,14-15H2,1-2H3. The minimum absolute atomic E-state index is 0.0153. The lowest BCUT2D eigenvalue weighted by Gasteiger charge is -2.16. The summed E-state index contributed by atoms with van der Waals surface area (Å²) in [5.74, 6) is -1.80. The molecule has 0 atom stereocenters. The summed E-state index contributed by atoms with van der Waals surface area (Å²) in [4.78, 5) is 0. The normalized spacial score (nSPS) is 10.8. The van der Waals surface area contributed by atoms with Crippen LogP contribution in [-0.2, 0) is 0 Å². The first kappa shape index (κ1) is 20.8. The molecule has 0 amide bonds. The molecule has 0 saturated carbocycles. The Morgan fingerprint density at radius 3 is 1.69 bits per heavy atom. The molecule has 152 valence electrons. The Labute approximate surface area is 168 Å². The Bertz CT molecular complexity index is 986. The van der Waals surface area contributed by atoms with Gasteiger partial charge in [0.1, 0.15) is 5.82 Å². The highest BCUT2D eigenvalue weighted by atomic mass is 19.1. The van der Waals surface area contributed by atoms with Crippen molar-refractivity contribution in [1.29, 1.82) is 0 Å². The van der Waals surface area contributed by atoms with Crippen LogP contribution in [0.2, 0.25) is 0 Å². The third-order valence-electron chi connectivity index (χ3n) is 4.42. The number of ether oxygens (including phenoxy) is 2. The molecule has 0 spiro atoms. The third-order valence-corrected chi connectivity index (χ3v) is 4.42.